The van der Waals surface area contributed by atoms with Gasteiger partial charge in [-0.2, -0.15) is 0 Å². The molecule has 2 aromatic carbocycles. The first-order valence-corrected chi connectivity index (χ1v) is 9.18. The Kier molecular flexibility index (Phi) is 5.16. The lowest BCUT2D eigenvalue weighted by Crippen LogP contribution is -2.19. The fourth-order valence-corrected chi connectivity index (χ4v) is 4.19. The van der Waals surface area contributed by atoms with Crippen molar-refractivity contribution in [2.75, 3.05) is 0 Å². The first-order valence-electron chi connectivity index (χ1n) is 6.84. The summed E-state index contributed by atoms with van der Waals surface area (Å²) in [6.45, 7) is 0. The van der Waals surface area contributed by atoms with Crippen LogP contribution in [0.25, 0.3) is 10.9 Å². The summed E-state index contributed by atoms with van der Waals surface area (Å²) in [6.07, 6.45) is 0.0265. The summed E-state index contributed by atoms with van der Waals surface area (Å²) < 4.78 is 1.60. The third-order valence-corrected chi connectivity index (χ3v) is 5.24. The van der Waals surface area contributed by atoms with E-state index in [0.29, 0.717) is 21.1 Å². The van der Waals surface area contributed by atoms with Crippen molar-refractivity contribution >= 4 is 71.7 Å². The number of hydrogen-bond donors (Lipinski definition) is 1. The van der Waals surface area contributed by atoms with Gasteiger partial charge in [-0.1, -0.05) is 61.1 Å². The molecular formula is C17H9Br2Cl2NO2. The van der Waals surface area contributed by atoms with Crippen LogP contribution in [0, 0.1) is 0 Å². The molecule has 122 valence electrons. The van der Waals surface area contributed by atoms with Gasteiger partial charge in [-0.25, -0.2) is 0 Å². The fraction of sp³-hybridized carbons (Fsp3) is 0.0588. The van der Waals surface area contributed by atoms with E-state index in [2.05, 4.69) is 36.8 Å². The smallest absolute Gasteiger partial charge is 0.259 e. The number of aromatic nitrogens is 1. The van der Waals surface area contributed by atoms with Crippen molar-refractivity contribution < 1.29 is 4.79 Å². The van der Waals surface area contributed by atoms with Crippen LogP contribution in [0.2, 0.25) is 10.0 Å². The minimum Gasteiger partial charge on any atom is -0.321 e. The summed E-state index contributed by atoms with van der Waals surface area (Å²) in [5, 5.41) is 1.65. The summed E-state index contributed by atoms with van der Waals surface area (Å²) in [5.74, 6) is -0.308. The third kappa shape index (κ3) is 3.59. The minimum atomic E-state index is -0.428. The molecule has 3 rings (SSSR count). The lowest BCUT2D eigenvalue weighted by atomic mass is 10.0. The second kappa shape index (κ2) is 7.00. The summed E-state index contributed by atoms with van der Waals surface area (Å²) in [6, 6.07) is 10.2. The van der Waals surface area contributed by atoms with Gasteiger partial charge in [0.15, 0.2) is 5.78 Å². The number of aromatic amines is 1. The van der Waals surface area contributed by atoms with Gasteiger partial charge in [-0.3, -0.25) is 9.59 Å². The first kappa shape index (κ1) is 17.7. The average Bonchev–Trinajstić information content (AvgIpc) is 2.49. The maximum absolute atomic E-state index is 12.6. The van der Waals surface area contributed by atoms with Crippen LogP contribution in [0.15, 0.2) is 50.1 Å². The fourth-order valence-electron chi connectivity index (χ4n) is 2.37. The Morgan fingerprint density at radius 2 is 1.83 bits per heavy atom. The Hall–Kier alpha value is -1.14. The highest BCUT2D eigenvalue weighted by Crippen LogP contribution is 2.28. The van der Waals surface area contributed by atoms with Crippen molar-refractivity contribution in [3.05, 3.63) is 76.9 Å². The highest BCUT2D eigenvalue weighted by molar-refractivity contribution is 9.11. The van der Waals surface area contributed by atoms with Crippen molar-refractivity contribution in [1.82, 2.24) is 4.98 Å². The van der Waals surface area contributed by atoms with Crippen LogP contribution in [0.1, 0.15) is 15.9 Å². The van der Waals surface area contributed by atoms with E-state index in [1.165, 1.54) is 0 Å². The van der Waals surface area contributed by atoms with E-state index in [1.54, 1.807) is 30.3 Å². The van der Waals surface area contributed by atoms with Crippen molar-refractivity contribution in [2.24, 2.45) is 0 Å². The number of rotatable bonds is 3. The topological polar surface area (TPSA) is 49.9 Å². The standard InChI is InChI=1S/C17H9Br2Cl2NO2/c18-9-4-13(19)11-7-12(17(24)22-15(11)5-9)16(23)3-8-1-2-10(20)6-14(8)21/h1-2,4-7H,3H2,(H,22,24). The number of H-pyrrole nitrogens is 1. The molecule has 0 aliphatic carbocycles. The van der Waals surface area contributed by atoms with Crippen molar-refractivity contribution in [2.45, 2.75) is 6.42 Å². The molecule has 0 radical (unpaired) electrons. The molecule has 24 heavy (non-hydrogen) atoms. The number of Topliss-reactive ketones (excluding diaryl/α,β-unsaturated/α-hetero) is 1. The molecule has 0 spiro atoms. The van der Waals surface area contributed by atoms with E-state index in [4.69, 9.17) is 23.2 Å². The zero-order valence-electron chi connectivity index (χ0n) is 12.0. The number of halogens is 4. The summed E-state index contributed by atoms with van der Waals surface area (Å²) in [5.41, 5.74) is 0.932. The molecule has 1 aromatic heterocycles. The second-order valence-electron chi connectivity index (χ2n) is 5.20. The first-order chi connectivity index (χ1) is 11.3. The molecule has 7 heteroatoms. The van der Waals surface area contributed by atoms with Crippen LogP contribution in [0.3, 0.4) is 0 Å². The molecule has 0 unspecified atom stereocenters. The van der Waals surface area contributed by atoms with Gasteiger partial charge in [0.1, 0.15) is 0 Å². The average molecular weight is 490 g/mol. The van der Waals surface area contributed by atoms with Gasteiger partial charge >= 0.3 is 0 Å². The minimum absolute atomic E-state index is 0.0265. The van der Waals surface area contributed by atoms with Crippen LogP contribution in [-0.4, -0.2) is 10.8 Å². The van der Waals surface area contributed by atoms with Gasteiger partial charge in [0.2, 0.25) is 0 Å². The predicted octanol–water partition coefficient (Wildman–Crippen LogP) is 5.79. The van der Waals surface area contributed by atoms with Gasteiger partial charge in [-0.15, -0.1) is 0 Å². The summed E-state index contributed by atoms with van der Waals surface area (Å²) in [4.78, 5) is 27.6. The number of nitrogens with one attached hydrogen (secondary N) is 1. The van der Waals surface area contributed by atoms with Crippen LogP contribution in [0.4, 0.5) is 0 Å². The maximum atomic E-state index is 12.6. The number of ketones is 1. The van der Waals surface area contributed by atoms with Crippen LogP contribution < -0.4 is 5.56 Å². The summed E-state index contributed by atoms with van der Waals surface area (Å²) >= 11 is 18.8. The number of carbonyl (C=O) groups excluding carboxylic acids is 1. The Labute approximate surface area is 164 Å². The predicted molar refractivity (Wildman–Crippen MR) is 104 cm³/mol. The number of hydrogen-bond acceptors (Lipinski definition) is 2. The van der Waals surface area contributed by atoms with E-state index in [1.807, 2.05) is 6.07 Å². The van der Waals surface area contributed by atoms with Crippen LogP contribution in [-0.2, 0) is 6.42 Å². The molecule has 0 saturated carbocycles. The zero-order valence-corrected chi connectivity index (χ0v) is 16.7. The van der Waals surface area contributed by atoms with E-state index >= 15 is 0 Å². The molecule has 1 heterocycles. The zero-order chi connectivity index (χ0) is 17.4. The van der Waals surface area contributed by atoms with Crippen LogP contribution >= 0.6 is 55.1 Å². The largest absolute Gasteiger partial charge is 0.321 e. The number of carbonyl (C=O) groups is 1. The Bertz CT molecular complexity index is 1030. The molecular weight excluding hydrogens is 481 g/mol. The molecule has 3 nitrogen and oxygen atoms in total. The SMILES string of the molecule is O=C(Cc1ccc(Cl)cc1Cl)c1cc2c(Br)cc(Br)cc2[nH]c1=O. The molecule has 0 saturated heterocycles. The van der Waals surface area contributed by atoms with Gasteiger partial charge in [0.05, 0.1) is 11.1 Å². The van der Waals surface area contributed by atoms with E-state index in [0.717, 1.165) is 14.3 Å². The molecule has 0 bridgehead atoms. The Morgan fingerprint density at radius 1 is 1.08 bits per heavy atom. The number of pyridine rings is 1. The molecule has 0 atom stereocenters. The maximum Gasteiger partial charge on any atom is 0.259 e. The second-order valence-corrected chi connectivity index (χ2v) is 7.81. The lowest BCUT2D eigenvalue weighted by Gasteiger charge is -2.07. The van der Waals surface area contributed by atoms with E-state index < -0.39 is 5.56 Å². The van der Waals surface area contributed by atoms with Crippen molar-refractivity contribution in [3.63, 3.8) is 0 Å². The number of fused-ring (bicyclic) bond motifs is 1. The number of benzene rings is 2. The summed E-state index contributed by atoms with van der Waals surface area (Å²) in [7, 11) is 0. The molecule has 0 amide bonds. The van der Waals surface area contributed by atoms with Crippen molar-refractivity contribution in [1.29, 1.82) is 0 Å². The van der Waals surface area contributed by atoms with E-state index in [-0.39, 0.29) is 17.8 Å². The highest BCUT2D eigenvalue weighted by Gasteiger charge is 2.15. The molecule has 0 aliphatic heterocycles. The molecule has 1 N–H and O–H groups in total. The highest BCUT2D eigenvalue weighted by atomic mass is 79.9. The molecule has 3 aromatic rings. The Balaban J connectivity index is 2.03. The molecule has 0 aliphatic rings. The van der Waals surface area contributed by atoms with Gasteiger partial charge < -0.3 is 4.98 Å². The normalized spacial score (nSPS) is 11.0. The molecule has 0 fully saturated rings. The monoisotopic (exact) mass is 487 g/mol. The lowest BCUT2D eigenvalue weighted by molar-refractivity contribution is 0.0991. The van der Waals surface area contributed by atoms with E-state index in [9.17, 15) is 9.59 Å². The van der Waals surface area contributed by atoms with Gasteiger partial charge in [0, 0.05) is 30.8 Å². The third-order valence-electron chi connectivity index (χ3n) is 3.54. The quantitative estimate of drug-likeness (QED) is 0.474. The van der Waals surface area contributed by atoms with Gasteiger partial charge in [-0.05, 0) is 35.9 Å². The van der Waals surface area contributed by atoms with Crippen LogP contribution in [0.5, 0.6) is 0 Å². The Morgan fingerprint density at radius 3 is 2.54 bits per heavy atom. The van der Waals surface area contributed by atoms with Crippen molar-refractivity contribution in [3.8, 4) is 0 Å². The van der Waals surface area contributed by atoms with Gasteiger partial charge in [0.25, 0.3) is 5.56 Å².